The molecule has 0 aromatic heterocycles. The summed E-state index contributed by atoms with van der Waals surface area (Å²) < 4.78 is 33.7. The maximum absolute atomic E-state index is 13.5. The highest BCUT2D eigenvalue weighted by Gasteiger charge is 2.27. The Labute approximate surface area is 213 Å². The van der Waals surface area contributed by atoms with Gasteiger partial charge in [-0.2, -0.15) is 0 Å². The van der Waals surface area contributed by atoms with Gasteiger partial charge in [0.1, 0.15) is 6.54 Å². The third-order valence-corrected chi connectivity index (χ3v) is 7.89. The van der Waals surface area contributed by atoms with Crippen LogP contribution in [0.15, 0.2) is 77.7 Å². The van der Waals surface area contributed by atoms with Crippen molar-refractivity contribution < 1.29 is 17.9 Å². The molecule has 0 spiro atoms. The van der Waals surface area contributed by atoms with E-state index in [9.17, 15) is 13.2 Å². The zero-order chi connectivity index (χ0) is 25.5. The summed E-state index contributed by atoms with van der Waals surface area (Å²) in [6.45, 7) is 7.98. The Morgan fingerprint density at radius 3 is 2.28 bits per heavy atom. The maximum Gasteiger partial charge on any atom is 0.264 e. The van der Waals surface area contributed by atoms with Crippen molar-refractivity contribution in [1.82, 2.24) is 10.2 Å². The maximum atomic E-state index is 13.5. The first-order valence-electron chi connectivity index (χ1n) is 12.1. The van der Waals surface area contributed by atoms with Crippen LogP contribution >= 0.6 is 0 Å². The summed E-state index contributed by atoms with van der Waals surface area (Å²) in [7, 11) is -3.93. The number of carbonyl (C=O) groups excluding carboxylic acids is 1. The third-order valence-electron chi connectivity index (χ3n) is 6.10. The van der Waals surface area contributed by atoms with Crippen LogP contribution in [0.4, 0.5) is 5.69 Å². The van der Waals surface area contributed by atoms with E-state index >= 15 is 0 Å². The first kappa shape index (κ1) is 25.9. The van der Waals surface area contributed by atoms with Crippen molar-refractivity contribution in [3.05, 3.63) is 95.1 Å². The van der Waals surface area contributed by atoms with E-state index in [0.29, 0.717) is 12.2 Å². The number of rotatable bonds is 9. The molecule has 36 heavy (non-hydrogen) atoms. The van der Waals surface area contributed by atoms with Gasteiger partial charge in [-0.25, -0.2) is 8.42 Å². The minimum Gasteiger partial charge on any atom is -0.379 e. The molecule has 0 radical (unpaired) electrons. The molecule has 1 aliphatic rings. The van der Waals surface area contributed by atoms with E-state index in [-0.39, 0.29) is 17.3 Å². The zero-order valence-electron chi connectivity index (χ0n) is 20.8. The van der Waals surface area contributed by atoms with Crippen molar-refractivity contribution in [1.29, 1.82) is 0 Å². The number of nitrogens with zero attached hydrogens (tertiary/aromatic N) is 2. The van der Waals surface area contributed by atoms with Crippen LogP contribution < -0.4 is 9.62 Å². The van der Waals surface area contributed by atoms with E-state index in [1.165, 1.54) is 9.87 Å². The Morgan fingerprint density at radius 1 is 0.917 bits per heavy atom. The molecule has 1 fully saturated rings. The average molecular weight is 508 g/mol. The number of aryl methyl sites for hydroxylation is 2. The van der Waals surface area contributed by atoms with Crippen LogP contribution in [0.25, 0.3) is 0 Å². The number of anilines is 1. The molecule has 1 aliphatic heterocycles. The van der Waals surface area contributed by atoms with Crippen LogP contribution in [-0.4, -0.2) is 52.1 Å². The second-order valence-corrected chi connectivity index (χ2v) is 11.0. The molecule has 8 heteroatoms. The third kappa shape index (κ3) is 6.72. The van der Waals surface area contributed by atoms with Crippen molar-refractivity contribution in [3.8, 4) is 0 Å². The Hall–Kier alpha value is -3.20. The first-order valence-corrected chi connectivity index (χ1v) is 13.6. The Kier molecular flexibility index (Phi) is 8.40. The van der Waals surface area contributed by atoms with Gasteiger partial charge in [0, 0.05) is 26.2 Å². The predicted molar refractivity (Wildman–Crippen MR) is 141 cm³/mol. The number of sulfonamides is 1. The molecule has 0 atom stereocenters. The summed E-state index contributed by atoms with van der Waals surface area (Å²) in [5, 5.41) is 2.90. The van der Waals surface area contributed by atoms with Gasteiger partial charge in [0.25, 0.3) is 10.0 Å². The molecule has 7 nitrogen and oxygen atoms in total. The Morgan fingerprint density at radius 2 is 1.58 bits per heavy atom. The van der Waals surface area contributed by atoms with Gasteiger partial charge < -0.3 is 10.1 Å². The fourth-order valence-corrected chi connectivity index (χ4v) is 5.80. The number of benzene rings is 3. The molecule has 0 aliphatic carbocycles. The lowest BCUT2D eigenvalue weighted by Crippen LogP contribution is -2.40. The number of nitrogens with one attached hydrogen (secondary N) is 1. The molecule has 4 rings (SSSR count). The van der Waals surface area contributed by atoms with Gasteiger partial charge in [-0.3, -0.25) is 14.0 Å². The lowest BCUT2D eigenvalue weighted by Gasteiger charge is -2.26. The molecule has 3 aromatic rings. The minimum absolute atomic E-state index is 0.146. The molecule has 1 saturated heterocycles. The summed E-state index contributed by atoms with van der Waals surface area (Å²) in [6, 6.07) is 21.9. The molecule has 0 unspecified atom stereocenters. The lowest BCUT2D eigenvalue weighted by molar-refractivity contribution is -0.119. The average Bonchev–Trinajstić information content (AvgIpc) is 2.87. The van der Waals surface area contributed by atoms with Crippen molar-refractivity contribution in [3.63, 3.8) is 0 Å². The van der Waals surface area contributed by atoms with Gasteiger partial charge in [0.2, 0.25) is 5.91 Å². The number of amides is 1. The summed E-state index contributed by atoms with van der Waals surface area (Å²) in [6.07, 6.45) is 0. The summed E-state index contributed by atoms with van der Waals surface area (Å²) in [5.74, 6) is -0.368. The highest BCUT2D eigenvalue weighted by molar-refractivity contribution is 7.92. The number of morpholine rings is 1. The second kappa shape index (κ2) is 11.7. The van der Waals surface area contributed by atoms with Crippen molar-refractivity contribution >= 4 is 21.6 Å². The molecule has 1 amide bonds. The Bertz CT molecular complexity index is 1270. The molecule has 0 bridgehead atoms. The van der Waals surface area contributed by atoms with E-state index in [1.807, 2.05) is 32.0 Å². The predicted octanol–water partition coefficient (Wildman–Crippen LogP) is 3.65. The van der Waals surface area contributed by atoms with Gasteiger partial charge in [-0.1, -0.05) is 48.5 Å². The normalized spacial score (nSPS) is 14.4. The number of carbonyl (C=O) groups is 1. The van der Waals surface area contributed by atoms with Crippen LogP contribution in [-0.2, 0) is 32.6 Å². The largest absolute Gasteiger partial charge is 0.379 e. The summed E-state index contributed by atoms with van der Waals surface area (Å²) in [4.78, 5) is 15.5. The van der Waals surface area contributed by atoms with Gasteiger partial charge >= 0.3 is 0 Å². The summed E-state index contributed by atoms with van der Waals surface area (Å²) >= 11 is 0. The van der Waals surface area contributed by atoms with E-state index in [4.69, 9.17) is 4.74 Å². The number of hydrogen-bond donors (Lipinski definition) is 1. The van der Waals surface area contributed by atoms with Crippen LogP contribution in [0.2, 0.25) is 0 Å². The van der Waals surface area contributed by atoms with Crippen LogP contribution in [0.1, 0.15) is 22.3 Å². The topological polar surface area (TPSA) is 79.0 Å². The van der Waals surface area contributed by atoms with E-state index in [0.717, 1.165) is 49.5 Å². The second-order valence-electron chi connectivity index (χ2n) is 9.16. The standard InChI is InChI=1S/C28H33N3O4S/c1-22-15-23(2)17-26(16-22)31(36(33,34)27-9-4-3-5-10-27)21-28(32)29-19-24-7-6-8-25(18-24)20-30-11-13-35-14-12-30/h3-10,15-18H,11-14,19-21H2,1-2H3,(H,29,32). The fraction of sp³-hybridized carbons (Fsp3) is 0.321. The monoisotopic (exact) mass is 507 g/mol. The van der Waals surface area contributed by atoms with E-state index in [1.54, 1.807) is 42.5 Å². The van der Waals surface area contributed by atoms with Crippen molar-refractivity contribution in [2.45, 2.75) is 31.8 Å². The van der Waals surface area contributed by atoms with Crippen molar-refractivity contribution in [2.24, 2.45) is 0 Å². The molecule has 190 valence electrons. The minimum atomic E-state index is -3.93. The van der Waals surface area contributed by atoms with E-state index in [2.05, 4.69) is 22.3 Å². The fourth-order valence-electron chi connectivity index (χ4n) is 4.37. The smallest absolute Gasteiger partial charge is 0.264 e. The molecule has 3 aromatic carbocycles. The van der Waals surface area contributed by atoms with Gasteiger partial charge in [-0.05, 0) is 60.4 Å². The lowest BCUT2D eigenvalue weighted by atomic mass is 10.1. The number of ether oxygens (including phenoxy) is 1. The molecule has 1 N–H and O–H groups in total. The SMILES string of the molecule is Cc1cc(C)cc(N(CC(=O)NCc2cccc(CN3CCOCC3)c2)S(=O)(=O)c2ccccc2)c1. The van der Waals surface area contributed by atoms with E-state index < -0.39 is 10.0 Å². The van der Waals surface area contributed by atoms with Crippen LogP contribution in [0.5, 0.6) is 0 Å². The summed E-state index contributed by atoms with van der Waals surface area (Å²) in [5.41, 5.74) is 4.47. The quantitative estimate of drug-likeness (QED) is 0.478. The molecular weight excluding hydrogens is 474 g/mol. The van der Waals surface area contributed by atoms with Gasteiger partial charge in [-0.15, -0.1) is 0 Å². The first-order chi connectivity index (χ1) is 17.3. The molecular formula is C28H33N3O4S. The highest BCUT2D eigenvalue weighted by Crippen LogP contribution is 2.25. The van der Waals surface area contributed by atoms with Crippen LogP contribution in [0.3, 0.4) is 0 Å². The van der Waals surface area contributed by atoms with Crippen molar-refractivity contribution in [2.75, 3.05) is 37.2 Å². The zero-order valence-corrected chi connectivity index (χ0v) is 21.6. The van der Waals surface area contributed by atoms with Gasteiger partial charge in [0.05, 0.1) is 23.8 Å². The highest BCUT2D eigenvalue weighted by atomic mass is 32.2. The number of hydrogen-bond acceptors (Lipinski definition) is 5. The molecule has 1 heterocycles. The Balaban J connectivity index is 1.48. The van der Waals surface area contributed by atoms with Crippen LogP contribution in [0, 0.1) is 13.8 Å². The molecule has 0 saturated carbocycles. The van der Waals surface area contributed by atoms with Gasteiger partial charge in [0.15, 0.2) is 0 Å².